The molecule has 8 heavy (non-hydrogen) atoms. The Morgan fingerprint density at radius 3 is 2.00 bits per heavy atom. The fourth-order valence-corrected chi connectivity index (χ4v) is 0.248. The van der Waals surface area contributed by atoms with Gasteiger partial charge < -0.3 is 5.11 Å². The van der Waals surface area contributed by atoms with Gasteiger partial charge in [0.2, 0.25) is 0 Å². The van der Waals surface area contributed by atoms with Crippen molar-refractivity contribution in [1.82, 2.24) is 0 Å². The van der Waals surface area contributed by atoms with Crippen LogP contribution in [-0.4, -0.2) is 22.7 Å². The summed E-state index contributed by atoms with van der Waals surface area (Å²) in [5.74, 6) is 0. The Kier molecular flexibility index (Phi) is 2.76. The van der Waals surface area contributed by atoms with Crippen LogP contribution in [0.25, 0.3) is 0 Å². The zero-order valence-electron chi connectivity index (χ0n) is 3.74. The summed E-state index contributed by atoms with van der Waals surface area (Å²) in [4.78, 5) is -3.60. The van der Waals surface area contributed by atoms with Crippen molar-refractivity contribution in [2.24, 2.45) is 0 Å². The van der Waals surface area contributed by atoms with Gasteiger partial charge in [-0.2, -0.15) is 8.78 Å². The minimum Gasteiger partial charge on any atom is -0.393 e. The summed E-state index contributed by atoms with van der Waals surface area (Å²) in [6.07, 6.45) is -2.51. The SMILES string of the molecule is OCC(F)C(F)(F)Br. The monoisotopic (exact) mass is 192 g/mol. The molecule has 0 spiro atoms. The molecule has 0 radical (unpaired) electrons. The second-order valence-electron chi connectivity index (χ2n) is 1.19. The first-order valence-electron chi connectivity index (χ1n) is 1.80. The van der Waals surface area contributed by atoms with Crippen LogP contribution in [0.4, 0.5) is 13.2 Å². The summed E-state index contributed by atoms with van der Waals surface area (Å²) in [6, 6.07) is 0. The number of halogens is 4. The topological polar surface area (TPSA) is 20.2 Å². The molecule has 0 aliphatic rings. The van der Waals surface area contributed by atoms with Crippen molar-refractivity contribution in [2.75, 3.05) is 6.61 Å². The molecular weight excluding hydrogens is 189 g/mol. The van der Waals surface area contributed by atoms with Gasteiger partial charge in [-0.15, -0.1) is 0 Å². The van der Waals surface area contributed by atoms with Gasteiger partial charge >= 0.3 is 4.83 Å². The first kappa shape index (κ1) is 8.23. The van der Waals surface area contributed by atoms with Gasteiger partial charge in [0.05, 0.1) is 6.61 Å². The second kappa shape index (κ2) is 2.68. The number of aliphatic hydroxyl groups is 1. The lowest BCUT2D eigenvalue weighted by Crippen LogP contribution is -2.25. The van der Waals surface area contributed by atoms with Crippen LogP contribution in [0.1, 0.15) is 0 Å². The van der Waals surface area contributed by atoms with Gasteiger partial charge in [0, 0.05) is 0 Å². The Bertz CT molecular complexity index is 71.4. The van der Waals surface area contributed by atoms with Crippen molar-refractivity contribution in [3.05, 3.63) is 0 Å². The van der Waals surface area contributed by atoms with Crippen molar-refractivity contribution in [3.8, 4) is 0 Å². The largest absolute Gasteiger partial charge is 0.393 e. The molecule has 0 aliphatic heterocycles. The van der Waals surface area contributed by atoms with Crippen LogP contribution in [0.3, 0.4) is 0 Å². The van der Waals surface area contributed by atoms with Gasteiger partial charge in [0.1, 0.15) is 0 Å². The molecule has 0 aromatic carbocycles. The van der Waals surface area contributed by atoms with E-state index in [4.69, 9.17) is 5.11 Å². The molecule has 0 bridgehead atoms. The smallest absolute Gasteiger partial charge is 0.334 e. The average molecular weight is 193 g/mol. The lowest BCUT2D eigenvalue weighted by atomic mass is 10.4. The molecule has 0 amide bonds. The van der Waals surface area contributed by atoms with Gasteiger partial charge in [-0.3, -0.25) is 0 Å². The van der Waals surface area contributed by atoms with Crippen LogP contribution in [0, 0.1) is 0 Å². The van der Waals surface area contributed by atoms with Gasteiger partial charge in [-0.25, -0.2) is 4.39 Å². The fourth-order valence-electron chi connectivity index (χ4n) is 0.104. The molecule has 0 aromatic heterocycles. The van der Waals surface area contributed by atoms with E-state index >= 15 is 0 Å². The number of rotatable bonds is 2. The highest BCUT2D eigenvalue weighted by Gasteiger charge is 2.35. The fraction of sp³-hybridized carbons (Fsp3) is 1.00. The van der Waals surface area contributed by atoms with Crippen molar-refractivity contribution >= 4 is 15.9 Å². The average Bonchev–Trinajstić information content (AvgIpc) is 1.62. The third-order valence-electron chi connectivity index (χ3n) is 0.515. The molecule has 0 heterocycles. The van der Waals surface area contributed by atoms with Crippen molar-refractivity contribution in [3.63, 3.8) is 0 Å². The number of hydrogen-bond acceptors (Lipinski definition) is 1. The zero-order chi connectivity index (χ0) is 6.78. The second-order valence-corrected chi connectivity index (χ2v) is 2.25. The first-order valence-corrected chi connectivity index (χ1v) is 2.59. The molecule has 1 nitrogen and oxygen atoms in total. The highest BCUT2D eigenvalue weighted by molar-refractivity contribution is 9.10. The minimum absolute atomic E-state index is 1.17. The van der Waals surface area contributed by atoms with Crippen molar-refractivity contribution in [1.29, 1.82) is 0 Å². The Balaban J connectivity index is 3.62. The van der Waals surface area contributed by atoms with Gasteiger partial charge in [0.25, 0.3) is 0 Å². The highest BCUT2D eigenvalue weighted by Crippen LogP contribution is 2.27. The maximum absolute atomic E-state index is 11.6. The third-order valence-corrected chi connectivity index (χ3v) is 1.01. The van der Waals surface area contributed by atoms with E-state index in [1.807, 2.05) is 0 Å². The van der Waals surface area contributed by atoms with E-state index in [0.717, 1.165) is 0 Å². The minimum atomic E-state index is -3.60. The predicted molar refractivity (Wildman–Crippen MR) is 25.9 cm³/mol. The number of aliphatic hydroxyl groups excluding tert-OH is 1. The summed E-state index contributed by atoms with van der Waals surface area (Å²) >= 11 is 1.74. The molecule has 0 aromatic rings. The van der Waals surface area contributed by atoms with Gasteiger partial charge in [-0.05, 0) is 15.9 Å². The molecule has 0 saturated carbocycles. The van der Waals surface area contributed by atoms with E-state index in [2.05, 4.69) is 0 Å². The molecule has 0 rings (SSSR count). The van der Waals surface area contributed by atoms with Gasteiger partial charge in [0.15, 0.2) is 6.17 Å². The Morgan fingerprint density at radius 1 is 1.62 bits per heavy atom. The third kappa shape index (κ3) is 2.52. The summed E-state index contributed by atoms with van der Waals surface area (Å²) < 4.78 is 34.6. The maximum Gasteiger partial charge on any atom is 0.334 e. The normalized spacial score (nSPS) is 16.1. The highest BCUT2D eigenvalue weighted by atomic mass is 79.9. The summed E-state index contributed by atoms with van der Waals surface area (Å²) in [7, 11) is 0. The first-order chi connectivity index (χ1) is 3.48. The van der Waals surface area contributed by atoms with Crippen molar-refractivity contribution < 1.29 is 18.3 Å². The van der Waals surface area contributed by atoms with Crippen LogP contribution >= 0.6 is 15.9 Å². The maximum atomic E-state index is 11.6. The summed E-state index contributed by atoms with van der Waals surface area (Å²) in [5.41, 5.74) is 0. The molecule has 50 valence electrons. The Morgan fingerprint density at radius 2 is 2.00 bits per heavy atom. The number of alkyl halides is 4. The van der Waals surface area contributed by atoms with Crippen LogP contribution in [0.5, 0.6) is 0 Å². The summed E-state index contributed by atoms with van der Waals surface area (Å²) in [6.45, 7) is -1.17. The van der Waals surface area contributed by atoms with E-state index in [9.17, 15) is 13.2 Å². The van der Waals surface area contributed by atoms with Crippen molar-refractivity contribution in [2.45, 2.75) is 11.0 Å². The molecular formula is C3H4BrF3O. The van der Waals surface area contributed by atoms with E-state index in [1.54, 1.807) is 15.9 Å². The number of hydrogen-bond donors (Lipinski definition) is 1. The van der Waals surface area contributed by atoms with Crippen LogP contribution in [0.15, 0.2) is 0 Å². The molecule has 1 unspecified atom stereocenters. The summed E-state index contributed by atoms with van der Waals surface area (Å²) in [5, 5.41) is 7.79. The van der Waals surface area contributed by atoms with Crippen LogP contribution in [0.2, 0.25) is 0 Å². The lowest BCUT2D eigenvalue weighted by Gasteiger charge is -2.09. The van der Waals surface area contributed by atoms with E-state index in [0.29, 0.717) is 0 Å². The van der Waals surface area contributed by atoms with Crippen LogP contribution in [-0.2, 0) is 0 Å². The molecule has 0 aliphatic carbocycles. The molecule has 1 N–H and O–H groups in total. The van der Waals surface area contributed by atoms with E-state index in [-0.39, 0.29) is 0 Å². The zero-order valence-corrected chi connectivity index (χ0v) is 5.33. The van der Waals surface area contributed by atoms with E-state index in [1.165, 1.54) is 0 Å². The predicted octanol–water partition coefficient (Wildman–Crippen LogP) is 1.30. The quantitative estimate of drug-likeness (QED) is 0.655. The molecule has 0 fully saturated rings. The Labute approximate surface area is 52.6 Å². The lowest BCUT2D eigenvalue weighted by molar-refractivity contribution is -0.00635. The molecule has 5 heteroatoms. The van der Waals surface area contributed by atoms with Crippen LogP contribution < -0.4 is 0 Å². The molecule has 1 atom stereocenters. The molecule has 0 saturated heterocycles. The van der Waals surface area contributed by atoms with Gasteiger partial charge in [-0.1, -0.05) is 0 Å². The van der Waals surface area contributed by atoms with E-state index < -0.39 is 17.6 Å². The Hall–Kier alpha value is 0.230. The standard InChI is InChI=1S/C3H4BrF3O/c4-3(6,7)2(5)1-8/h2,8H,1H2.